The van der Waals surface area contributed by atoms with Crippen molar-refractivity contribution in [3.63, 3.8) is 0 Å². The van der Waals surface area contributed by atoms with Crippen LogP contribution in [0, 0.1) is 0 Å². The monoisotopic (exact) mass is 439 g/mol. The van der Waals surface area contributed by atoms with E-state index in [1.54, 1.807) is 61.8 Å². The van der Waals surface area contributed by atoms with Gasteiger partial charge in [-0.2, -0.15) is 0 Å². The zero-order valence-corrected chi connectivity index (χ0v) is 18.0. The lowest BCUT2D eigenvalue weighted by Gasteiger charge is -2.34. The van der Waals surface area contributed by atoms with E-state index in [2.05, 4.69) is 10.5 Å². The smallest absolute Gasteiger partial charge is 0.276 e. The number of methoxy groups -OCH3 is 2. The van der Waals surface area contributed by atoms with Crippen LogP contribution in [-0.4, -0.2) is 48.7 Å². The molecule has 3 aromatic rings. The molecule has 1 N–H and O–H groups in total. The van der Waals surface area contributed by atoms with E-state index in [0.717, 1.165) is 12.8 Å². The maximum atomic E-state index is 13.2. The lowest BCUT2D eigenvalue weighted by molar-refractivity contribution is -0.126. The predicted molar refractivity (Wildman–Crippen MR) is 114 cm³/mol. The molecule has 0 aliphatic carbocycles. The minimum absolute atomic E-state index is 0.135. The van der Waals surface area contributed by atoms with Gasteiger partial charge in [-0.05, 0) is 49.6 Å². The van der Waals surface area contributed by atoms with E-state index in [1.807, 2.05) is 0 Å². The van der Waals surface area contributed by atoms with Crippen LogP contribution in [-0.2, 0) is 11.3 Å². The third kappa shape index (κ3) is 4.46. The van der Waals surface area contributed by atoms with Crippen LogP contribution in [0.3, 0.4) is 0 Å². The molecule has 1 aromatic carbocycles. The first-order valence-electron chi connectivity index (χ1n) is 10.4. The summed E-state index contributed by atoms with van der Waals surface area (Å²) in [6, 6.07) is 9.81. The van der Waals surface area contributed by atoms with Crippen molar-refractivity contribution in [2.24, 2.45) is 0 Å². The van der Waals surface area contributed by atoms with Crippen molar-refractivity contribution in [1.82, 2.24) is 15.4 Å². The van der Waals surface area contributed by atoms with Crippen molar-refractivity contribution >= 4 is 11.8 Å². The van der Waals surface area contributed by atoms with Crippen molar-refractivity contribution in [3.05, 3.63) is 54.1 Å². The molecule has 1 fully saturated rings. The Bertz CT molecular complexity index is 1080. The van der Waals surface area contributed by atoms with E-state index >= 15 is 0 Å². The molecule has 0 radical (unpaired) electrons. The van der Waals surface area contributed by atoms with Crippen LogP contribution in [0.25, 0.3) is 11.3 Å². The van der Waals surface area contributed by atoms with Gasteiger partial charge in [-0.25, -0.2) is 0 Å². The number of rotatable bonds is 7. The average molecular weight is 439 g/mol. The Hall–Kier alpha value is -3.75. The summed E-state index contributed by atoms with van der Waals surface area (Å²) in [7, 11) is 3.11. The first-order valence-corrected chi connectivity index (χ1v) is 10.4. The zero-order chi connectivity index (χ0) is 22.5. The highest BCUT2D eigenvalue weighted by Gasteiger charge is 2.34. The Morgan fingerprint density at radius 2 is 2.06 bits per heavy atom. The second kappa shape index (κ2) is 9.59. The molecule has 1 aliphatic heterocycles. The largest absolute Gasteiger partial charge is 0.497 e. The number of benzene rings is 1. The molecule has 0 unspecified atom stereocenters. The van der Waals surface area contributed by atoms with Gasteiger partial charge in [0, 0.05) is 12.6 Å². The predicted octanol–water partition coefficient (Wildman–Crippen LogP) is 3.26. The first kappa shape index (κ1) is 21.5. The van der Waals surface area contributed by atoms with E-state index in [9.17, 15) is 9.59 Å². The summed E-state index contributed by atoms with van der Waals surface area (Å²) in [6.45, 7) is 0.746. The summed E-state index contributed by atoms with van der Waals surface area (Å²) in [6.07, 6.45) is 3.83. The minimum atomic E-state index is -0.572. The van der Waals surface area contributed by atoms with Crippen molar-refractivity contribution in [2.45, 2.75) is 31.8 Å². The maximum absolute atomic E-state index is 13.2. The third-order valence-electron chi connectivity index (χ3n) is 5.48. The number of amides is 2. The standard InChI is InChI=1S/C23H25N3O6/c1-29-15-8-9-20(30-2)17(12-15)21-13-18(25-32-21)23(28)26-10-4-3-7-19(26)22(27)24-14-16-6-5-11-31-16/h5-6,8-9,11-13,19H,3-4,7,10,14H2,1-2H3,(H,24,27)/t19-/m0/s1. The van der Waals surface area contributed by atoms with Gasteiger partial charge in [-0.1, -0.05) is 5.16 Å². The number of carbonyl (C=O) groups is 2. The average Bonchev–Trinajstić information content (AvgIpc) is 3.54. The molecule has 4 rings (SSSR count). The van der Waals surface area contributed by atoms with Crippen molar-refractivity contribution in [1.29, 1.82) is 0 Å². The molecule has 9 nitrogen and oxygen atoms in total. The molecule has 168 valence electrons. The van der Waals surface area contributed by atoms with E-state index in [-0.39, 0.29) is 24.1 Å². The van der Waals surface area contributed by atoms with Gasteiger partial charge in [0.15, 0.2) is 11.5 Å². The fourth-order valence-corrected chi connectivity index (χ4v) is 3.81. The summed E-state index contributed by atoms with van der Waals surface area (Å²) in [5, 5.41) is 6.82. The zero-order valence-electron chi connectivity index (χ0n) is 18.0. The van der Waals surface area contributed by atoms with Gasteiger partial charge in [-0.3, -0.25) is 9.59 Å². The maximum Gasteiger partial charge on any atom is 0.276 e. The van der Waals surface area contributed by atoms with Gasteiger partial charge in [0.1, 0.15) is 23.3 Å². The van der Waals surface area contributed by atoms with Crippen LogP contribution in [0.1, 0.15) is 35.5 Å². The minimum Gasteiger partial charge on any atom is -0.497 e. The van der Waals surface area contributed by atoms with Crippen LogP contribution in [0.15, 0.2) is 51.6 Å². The number of likely N-dealkylation sites (tertiary alicyclic amines) is 1. The van der Waals surface area contributed by atoms with Gasteiger partial charge < -0.3 is 28.6 Å². The molecule has 0 saturated carbocycles. The SMILES string of the molecule is COc1ccc(OC)c(-c2cc(C(=O)N3CCCC[C@H]3C(=O)NCc3ccco3)no2)c1. The first-order chi connectivity index (χ1) is 15.6. The molecule has 0 spiro atoms. The number of piperidine rings is 1. The van der Waals surface area contributed by atoms with E-state index < -0.39 is 6.04 Å². The topological polar surface area (TPSA) is 107 Å². The summed E-state index contributed by atoms with van der Waals surface area (Å²) < 4.78 is 21.4. The number of nitrogens with one attached hydrogen (secondary N) is 1. The molecule has 9 heteroatoms. The number of nitrogens with zero attached hydrogens (tertiary/aromatic N) is 2. The second-order valence-electron chi connectivity index (χ2n) is 7.45. The van der Waals surface area contributed by atoms with Gasteiger partial charge >= 0.3 is 0 Å². The highest BCUT2D eigenvalue weighted by molar-refractivity contribution is 5.97. The summed E-state index contributed by atoms with van der Waals surface area (Å²) >= 11 is 0. The molecule has 32 heavy (non-hydrogen) atoms. The lowest BCUT2D eigenvalue weighted by Crippen LogP contribution is -2.51. The molecule has 1 aliphatic rings. The van der Waals surface area contributed by atoms with Gasteiger partial charge in [0.25, 0.3) is 5.91 Å². The lowest BCUT2D eigenvalue weighted by atomic mass is 10.0. The fourth-order valence-electron chi connectivity index (χ4n) is 3.81. The van der Waals surface area contributed by atoms with Gasteiger partial charge in [0.2, 0.25) is 5.91 Å². The molecule has 2 amide bonds. The number of ether oxygens (including phenoxy) is 2. The Labute approximate surface area is 185 Å². The third-order valence-corrected chi connectivity index (χ3v) is 5.48. The summed E-state index contributed by atoms with van der Waals surface area (Å²) in [5.74, 6) is 1.65. The molecule has 0 bridgehead atoms. The Balaban J connectivity index is 1.52. The number of hydrogen-bond donors (Lipinski definition) is 1. The number of aromatic nitrogens is 1. The molecule has 1 atom stereocenters. The van der Waals surface area contributed by atoms with Crippen LogP contribution >= 0.6 is 0 Å². The second-order valence-corrected chi connectivity index (χ2v) is 7.45. The Kier molecular flexibility index (Phi) is 6.44. The quantitative estimate of drug-likeness (QED) is 0.602. The number of carbonyl (C=O) groups excluding carboxylic acids is 2. The van der Waals surface area contributed by atoms with E-state index in [1.165, 1.54) is 0 Å². The van der Waals surface area contributed by atoms with Crippen molar-refractivity contribution in [3.8, 4) is 22.8 Å². The highest BCUT2D eigenvalue weighted by atomic mass is 16.5. The summed E-state index contributed by atoms with van der Waals surface area (Å²) in [5.41, 5.74) is 0.750. The molecule has 1 saturated heterocycles. The Morgan fingerprint density at radius 3 is 2.81 bits per heavy atom. The normalized spacial score (nSPS) is 15.9. The van der Waals surface area contributed by atoms with Crippen molar-refractivity contribution < 1.29 is 28.0 Å². The Morgan fingerprint density at radius 1 is 1.19 bits per heavy atom. The highest BCUT2D eigenvalue weighted by Crippen LogP contribution is 2.34. The summed E-state index contributed by atoms with van der Waals surface area (Å²) in [4.78, 5) is 27.6. The molecule has 3 heterocycles. The van der Waals surface area contributed by atoms with Crippen LogP contribution in [0.2, 0.25) is 0 Å². The van der Waals surface area contributed by atoms with Crippen LogP contribution in [0.5, 0.6) is 11.5 Å². The van der Waals surface area contributed by atoms with E-state index in [4.69, 9.17) is 18.4 Å². The fraction of sp³-hybridized carbons (Fsp3) is 0.348. The molecule has 2 aromatic heterocycles. The number of hydrogen-bond acceptors (Lipinski definition) is 7. The van der Waals surface area contributed by atoms with Gasteiger partial charge in [-0.15, -0.1) is 0 Å². The van der Waals surface area contributed by atoms with Crippen LogP contribution < -0.4 is 14.8 Å². The molecular formula is C23H25N3O6. The van der Waals surface area contributed by atoms with Gasteiger partial charge in [0.05, 0.1) is 32.6 Å². The van der Waals surface area contributed by atoms with Crippen molar-refractivity contribution in [2.75, 3.05) is 20.8 Å². The molecular weight excluding hydrogens is 414 g/mol. The number of furan rings is 1. The van der Waals surface area contributed by atoms with Crippen LogP contribution in [0.4, 0.5) is 0 Å². The van der Waals surface area contributed by atoms with E-state index in [0.29, 0.717) is 41.5 Å².